The zero-order chi connectivity index (χ0) is 13.5. The Morgan fingerprint density at radius 3 is 2.39 bits per heavy atom. The first kappa shape index (κ1) is 14.8. The molecule has 1 N–H and O–H groups in total. The van der Waals surface area contributed by atoms with Gasteiger partial charge in [-0.1, -0.05) is 0 Å². The maximum atomic E-state index is 12.6. The van der Waals surface area contributed by atoms with Crippen LogP contribution in [0, 0.1) is 5.82 Å². The predicted octanol–water partition coefficient (Wildman–Crippen LogP) is 1.76. The molecule has 0 saturated heterocycles. The minimum absolute atomic E-state index is 0.0286. The molecule has 1 unspecified atom stereocenters. The Morgan fingerprint density at radius 1 is 1.22 bits per heavy atom. The van der Waals surface area contributed by atoms with Crippen molar-refractivity contribution in [1.82, 2.24) is 4.90 Å². The zero-order valence-electron chi connectivity index (χ0n) is 10.0. The van der Waals surface area contributed by atoms with Crippen LogP contribution in [0.4, 0.5) is 13.2 Å². The molecule has 1 rings (SSSR count). The fourth-order valence-corrected chi connectivity index (χ4v) is 1.45. The van der Waals surface area contributed by atoms with Crippen molar-refractivity contribution in [2.45, 2.75) is 12.5 Å². The number of benzene rings is 1. The third-order valence-corrected chi connectivity index (χ3v) is 2.23. The van der Waals surface area contributed by atoms with Gasteiger partial charge in [-0.2, -0.15) is 0 Å². The van der Waals surface area contributed by atoms with E-state index in [2.05, 4.69) is 0 Å². The molecule has 1 aromatic carbocycles. The summed E-state index contributed by atoms with van der Waals surface area (Å²) in [5.74, 6) is 0.0477. The number of nitrogens with zero attached hydrogens (tertiary/aromatic N) is 1. The van der Waals surface area contributed by atoms with E-state index >= 15 is 0 Å². The summed E-state index contributed by atoms with van der Waals surface area (Å²) in [6, 6.07) is 5.35. The quantitative estimate of drug-likeness (QED) is 0.813. The molecule has 0 spiro atoms. The first-order valence-corrected chi connectivity index (χ1v) is 5.50. The lowest BCUT2D eigenvalue weighted by atomic mass is 10.3. The summed E-state index contributed by atoms with van der Waals surface area (Å²) in [6.07, 6.45) is -3.31. The van der Waals surface area contributed by atoms with Crippen LogP contribution in [0.25, 0.3) is 0 Å². The summed E-state index contributed by atoms with van der Waals surface area (Å²) >= 11 is 0. The van der Waals surface area contributed by atoms with Crippen LogP contribution in [0.5, 0.6) is 5.75 Å². The van der Waals surface area contributed by atoms with Gasteiger partial charge in [-0.05, 0) is 31.3 Å². The van der Waals surface area contributed by atoms with Gasteiger partial charge >= 0.3 is 0 Å². The van der Waals surface area contributed by atoms with Gasteiger partial charge < -0.3 is 9.84 Å². The Bertz CT molecular complexity index is 346. The van der Waals surface area contributed by atoms with E-state index in [-0.39, 0.29) is 19.0 Å². The molecule has 102 valence electrons. The predicted molar refractivity (Wildman–Crippen MR) is 61.4 cm³/mol. The summed E-state index contributed by atoms with van der Waals surface area (Å²) in [5, 5.41) is 9.56. The molecule has 0 saturated carbocycles. The summed E-state index contributed by atoms with van der Waals surface area (Å²) in [6.45, 7) is -0.335. The first-order valence-electron chi connectivity index (χ1n) is 5.50. The Labute approximate surface area is 104 Å². The average molecular weight is 263 g/mol. The third kappa shape index (κ3) is 5.88. The number of hydrogen-bond donors (Lipinski definition) is 1. The SMILES string of the molecule is CN(CC(F)F)CC(O)COc1ccc(F)cc1. The number of aliphatic hydroxyl groups is 1. The lowest BCUT2D eigenvalue weighted by Gasteiger charge is -2.20. The van der Waals surface area contributed by atoms with Crippen LogP contribution in [0.2, 0.25) is 0 Å². The van der Waals surface area contributed by atoms with Crippen molar-refractivity contribution in [3.63, 3.8) is 0 Å². The van der Waals surface area contributed by atoms with E-state index in [1.165, 1.54) is 36.2 Å². The number of halogens is 3. The van der Waals surface area contributed by atoms with E-state index < -0.39 is 19.1 Å². The van der Waals surface area contributed by atoms with E-state index in [1.54, 1.807) is 0 Å². The van der Waals surface area contributed by atoms with Crippen LogP contribution < -0.4 is 4.74 Å². The number of ether oxygens (including phenoxy) is 1. The fraction of sp³-hybridized carbons (Fsp3) is 0.500. The molecule has 1 aromatic rings. The number of alkyl halides is 2. The van der Waals surface area contributed by atoms with Gasteiger partial charge in [-0.25, -0.2) is 13.2 Å². The van der Waals surface area contributed by atoms with Crippen molar-refractivity contribution in [3.05, 3.63) is 30.1 Å². The number of likely N-dealkylation sites (N-methyl/N-ethyl adjacent to an activating group) is 1. The maximum absolute atomic E-state index is 12.6. The average Bonchev–Trinajstić information content (AvgIpc) is 2.27. The second-order valence-corrected chi connectivity index (χ2v) is 4.03. The molecule has 0 amide bonds. The summed E-state index contributed by atoms with van der Waals surface area (Å²) < 4.78 is 41.9. The topological polar surface area (TPSA) is 32.7 Å². The normalized spacial score (nSPS) is 13.1. The van der Waals surface area contributed by atoms with Gasteiger partial charge in [-0.15, -0.1) is 0 Å². The molecule has 18 heavy (non-hydrogen) atoms. The first-order chi connectivity index (χ1) is 8.47. The van der Waals surface area contributed by atoms with E-state index in [0.29, 0.717) is 5.75 Å². The molecule has 1 atom stereocenters. The molecule has 0 aliphatic heterocycles. The lowest BCUT2D eigenvalue weighted by molar-refractivity contribution is 0.0473. The number of hydrogen-bond acceptors (Lipinski definition) is 3. The smallest absolute Gasteiger partial charge is 0.251 e. The van der Waals surface area contributed by atoms with Gasteiger partial charge in [0.1, 0.15) is 24.3 Å². The second kappa shape index (κ2) is 7.23. The van der Waals surface area contributed by atoms with Gasteiger partial charge in [0.25, 0.3) is 6.43 Å². The van der Waals surface area contributed by atoms with Crippen LogP contribution in [-0.2, 0) is 0 Å². The van der Waals surface area contributed by atoms with Crippen LogP contribution >= 0.6 is 0 Å². The second-order valence-electron chi connectivity index (χ2n) is 4.03. The molecule has 6 heteroatoms. The Kier molecular flexibility index (Phi) is 5.94. The minimum Gasteiger partial charge on any atom is -0.491 e. The molecule has 0 bridgehead atoms. The molecule has 3 nitrogen and oxygen atoms in total. The number of rotatable bonds is 7. The number of aliphatic hydroxyl groups excluding tert-OH is 1. The van der Waals surface area contributed by atoms with Gasteiger partial charge in [-0.3, -0.25) is 4.90 Å². The molecule has 0 aliphatic carbocycles. The minimum atomic E-state index is -2.43. The monoisotopic (exact) mass is 263 g/mol. The molecule has 0 aliphatic rings. The van der Waals surface area contributed by atoms with Crippen LogP contribution in [-0.4, -0.2) is 49.3 Å². The van der Waals surface area contributed by atoms with Gasteiger partial charge in [0.15, 0.2) is 0 Å². The zero-order valence-corrected chi connectivity index (χ0v) is 10.0. The van der Waals surface area contributed by atoms with Crippen molar-refractivity contribution < 1.29 is 23.0 Å². The maximum Gasteiger partial charge on any atom is 0.251 e. The summed E-state index contributed by atoms with van der Waals surface area (Å²) in [4.78, 5) is 1.32. The van der Waals surface area contributed by atoms with Crippen molar-refractivity contribution in [3.8, 4) is 5.75 Å². The highest BCUT2D eigenvalue weighted by molar-refractivity contribution is 5.22. The van der Waals surface area contributed by atoms with Gasteiger partial charge in [0, 0.05) is 6.54 Å². The summed E-state index contributed by atoms with van der Waals surface area (Å²) in [5.41, 5.74) is 0. The van der Waals surface area contributed by atoms with Gasteiger partial charge in [0.05, 0.1) is 6.54 Å². The highest BCUT2D eigenvalue weighted by atomic mass is 19.3. The molecule has 0 radical (unpaired) electrons. The van der Waals surface area contributed by atoms with Crippen molar-refractivity contribution in [1.29, 1.82) is 0 Å². The fourth-order valence-electron chi connectivity index (χ4n) is 1.45. The highest BCUT2D eigenvalue weighted by Gasteiger charge is 2.13. The molecular weight excluding hydrogens is 247 g/mol. The van der Waals surface area contributed by atoms with E-state index in [4.69, 9.17) is 4.74 Å². The van der Waals surface area contributed by atoms with Gasteiger partial charge in [0.2, 0.25) is 0 Å². The van der Waals surface area contributed by atoms with E-state index in [1.807, 2.05) is 0 Å². The van der Waals surface area contributed by atoms with Crippen LogP contribution in [0.15, 0.2) is 24.3 Å². The van der Waals surface area contributed by atoms with Crippen LogP contribution in [0.1, 0.15) is 0 Å². The van der Waals surface area contributed by atoms with Crippen molar-refractivity contribution in [2.75, 3.05) is 26.7 Å². The Morgan fingerprint density at radius 2 is 1.83 bits per heavy atom. The molecule has 0 heterocycles. The molecular formula is C12H16F3NO2. The Balaban J connectivity index is 2.28. The lowest BCUT2D eigenvalue weighted by Crippen LogP contribution is -2.35. The Hall–Kier alpha value is -1.27. The van der Waals surface area contributed by atoms with E-state index in [0.717, 1.165) is 0 Å². The molecule has 0 aromatic heterocycles. The molecule has 0 fully saturated rings. The largest absolute Gasteiger partial charge is 0.491 e. The van der Waals surface area contributed by atoms with E-state index in [9.17, 15) is 18.3 Å². The highest BCUT2D eigenvalue weighted by Crippen LogP contribution is 2.11. The van der Waals surface area contributed by atoms with Crippen LogP contribution in [0.3, 0.4) is 0 Å². The standard InChI is InChI=1S/C12H16F3NO2/c1-16(7-12(14)15)6-10(17)8-18-11-4-2-9(13)3-5-11/h2-5,10,12,17H,6-8H2,1H3. The summed E-state index contributed by atoms with van der Waals surface area (Å²) in [7, 11) is 1.49. The van der Waals surface area contributed by atoms with Crippen molar-refractivity contribution in [2.24, 2.45) is 0 Å². The van der Waals surface area contributed by atoms with Crippen molar-refractivity contribution >= 4 is 0 Å². The third-order valence-electron chi connectivity index (χ3n) is 2.23.